The summed E-state index contributed by atoms with van der Waals surface area (Å²) in [6, 6.07) is 144. The maximum atomic E-state index is 5.14. The summed E-state index contributed by atoms with van der Waals surface area (Å²) in [4.78, 5) is 20.3. The molecule has 114 heavy (non-hydrogen) atoms. The van der Waals surface area contributed by atoms with Gasteiger partial charge in [0.05, 0.1) is 67.3 Å². The molecule has 21 rings (SSSR count). The molecule has 0 aliphatic heterocycles. The third-order valence-corrected chi connectivity index (χ3v) is 23.0. The van der Waals surface area contributed by atoms with E-state index < -0.39 is 0 Å². The summed E-state index contributed by atoms with van der Waals surface area (Å²) in [5.41, 5.74) is 28.1. The van der Waals surface area contributed by atoms with Gasteiger partial charge < -0.3 is 13.7 Å². The van der Waals surface area contributed by atoms with E-state index in [9.17, 15) is 0 Å². The zero-order chi connectivity index (χ0) is 76.4. The Balaban J connectivity index is 0.000000115. The topological polar surface area (TPSA) is 66.3 Å². The van der Waals surface area contributed by atoms with E-state index in [1.54, 1.807) is 0 Å². The van der Waals surface area contributed by atoms with Crippen molar-refractivity contribution in [2.75, 3.05) is 0 Å². The number of para-hydroxylation sites is 3. The van der Waals surface area contributed by atoms with Crippen molar-refractivity contribution in [1.29, 1.82) is 0 Å². The molecule has 540 valence electrons. The van der Waals surface area contributed by atoms with Gasteiger partial charge in [-0.25, -0.2) is 19.9 Å². The quantitative estimate of drug-likeness (QED) is 0.122. The normalized spacial score (nSPS) is 11.3. The van der Waals surface area contributed by atoms with Gasteiger partial charge in [0, 0.05) is 102 Å². The van der Waals surface area contributed by atoms with Crippen LogP contribution in [0.15, 0.2) is 426 Å². The molecule has 0 saturated heterocycles. The van der Waals surface area contributed by atoms with Crippen LogP contribution in [0.2, 0.25) is 0 Å². The summed E-state index contributed by atoms with van der Waals surface area (Å²) in [5.74, 6) is 0.703. The Kier molecular flexibility index (Phi) is 19.5. The second-order valence-corrected chi connectivity index (χ2v) is 30.6. The summed E-state index contributed by atoms with van der Waals surface area (Å²) in [7, 11) is 0. The summed E-state index contributed by atoms with van der Waals surface area (Å²) >= 11 is 11.4. The standard InChI is InChI=1S/2C35H23BrN2.C34H22BrN3/c36-30-18-10-20-34-35(30)29-17-7-8-19-33(29)38(34)28-16-9-15-26(21-28)27-22-31(24-11-3-1-4-12-24)37-32(23-27)25-13-5-2-6-14-25;36-30-18-10-20-34-35(30)29-17-7-8-19-33(29)38(34)28-16-9-15-26(21-28)32-23-27(24-11-3-1-4-12-24)22-31(37-32)25-13-5-2-6-14-25;35-28-18-10-20-32-33(28)27-17-7-8-19-31(27)38(32)26-16-9-15-25(21-26)34-36-29(23-11-3-1-4-12-23)22-30(37-34)24-13-5-2-6-14-24/h2*1-23H;1-22H. The Hall–Kier alpha value is -13.5. The lowest BCUT2D eigenvalue weighted by molar-refractivity contribution is 1.16. The maximum absolute atomic E-state index is 5.14. The number of hydrogen-bond donors (Lipinski definition) is 0. The Labute approximate surface area is 685 Å². The van der Waals surface area contributed by atoms with E-state index in [1.807, 2.05) is 54.6 Å². The van der Waals surface area contributed by atoms with Gasteiger partial charge in [-0.1, -0.05) is 339 Å². The van der Waals surface area contributed by atoms with Gasteiger partial charge in [0.15, 0.2) is 5.82 Å². The van der Waals surface area contributed by atoms with Crippen LogP contribution in [-0.2, 0) is 0 Å². The highest BCUT2D eigenvalue weighted by molar-refractivity contribution is 9.11. The first-order chi connectivity index (χ1) is 56.3. The van der Waals surface area contributed by atoms with Crippen LogP contribution in [-0.4, -0.2) is 33.6 Å². The monoisotopic (exact) mass is 1650 g/mol. The summed E-state index contributed by atoms with van der Waals surface area (Å²) < 4.78 is 10.3. The number of halogens is 3. The van der Waals surface area contributed by atoms with Gasteiger partial charge in [-0.3, -0.25) is 0 Å². The van der Waals surface area contributed by atoms with Crippen molar-refractivity contribution in [3.63, 3.8) is 0 Å². The minimum Gasteiger partial charge on any atom is -0.309 e. The fourth-order valence-corrected chi connectivity index (χ4v) is 17.4. The third-order valence-electron chi connectivity index (χ3n) is 21.0. The van der Waals surface area contributed by atoms with E-state index in [2.05, 4.69) is 419 Å². The molecule has 0 spiro atoms. The lowest BCUT2D eigenvalue weighted by Gasteiger charge is -2.13. The van der Waals surface area contributed by atoms with Crippen molar-refractivity contribution in [2.24, 2.45) is 0 Å². The first kappa shape index (κ1) is 70.9. The van der Waals surface area contributed by atoms with Gasteiger partial charge in [-0.2, -0.15) is 0 Å². The Bertz CT molecular complexity index is 6270. The average molecular weight is 1660 g/mol. The molecular formula is C104H68Br3N7. The highest BCUT2D eigenvalue weighted by Gasteiger charge is 2.21. The van der Waals surface area contributed by atoms with Crippen molar-refractivity contribution < 1.29 is 0 Å². The highest BCUT2D eigenvalue weighted by Crippen LogP contribution is 2.43. The van der Waals surface area contributed by atoms with E-state index in [0.29, 0.717) is 5.82 Å². The largest absolute Gasteiger partial charge is 0.309 e. The molecule has 0 atom stereocenters. The van der Waals surface area contributed by atoms with Gasteiger partial charge in [0.1, 0.15) is 0 Å². The van der Waals surface area contributed by atoms with Crippen LogP contribution in [0.3, 0.4) is 0 Å². The number of aromatic nitrogens is 7. The molecule has 0 aliphatic carbocycles. The first-order valence-corrected chi connectivity index (χ1v) is 40.3. The van der Waals surface area contributed by atoms with Gasteiger partial charge in [-0.05, 0) is 144 Å². The molecule has 0 bridgehead atoms. The Morgan fingerprint density at radius 2 is 0.412 bits per heavy atom. The van der Waals surface area contributed by atoms with Crippen molar-refractivity contribution in [3.8, 4) is 118 Å². The van der Waals surface area contributed by atoms with Crippen molar-refractivity contribution >= 4 is 113 Å². The SMILES string of the molecule is Brc1cccc2c1c1ccccc1n2-c1cccc(-c2cc(-c3ccccc3)cc(-c3ccccc3)n2)c1.Brc1cccc2c1c1ccccc1n2-c1cccc(-c2cc(-c3ccccc3)nc(-c3ccccc3)c2)c1.Brc1cccc2c1c1ccccc1n2-c1cccc(-c2nc(-c3ccccc3)cc(-c3ccccc3)n2)c1. The fraction of sp³-hybridized carbons (Fsp3) is 0. The van der Waals surface area contributed by atoms with Crippen molar-refractivity contribution in [1.82, 2.24) is 33.6 Å². The molecular weight excluding hydrogens is 1590 g/mol. The van der Waals surface area contributed by atoms with Crippen LogP contribution in [0, 0.1) is 0 Å². The number of hydrogen-bond acceptors (Lipinski definition) is 4. The number of fused-ring (bicyclic) bond motifs is 9. The summed E-state index contributed by atoms with van der Waals surface area (Å²) in [6.07, 6.45) is 0. The maximum Gasteiger partial charge on any atom is 0.160 e. The molecule has 0 radical (unpaired) electrons. The molecule has 7 nitrogen and oxygen atoms in total. The smallest absolute Gasteiger partial charge is 0.160 e. The van der Waals surface area contributed by atoms with Crippen LogP contribution in [0.4, 0.5) is 0 Å². The minimum atomic E-state index is 0.703. The second-order valence-electron chi connectivity index (χ2n) is 28.0. The molecule has 15 aromatic carbocycles. The van der Waals surface area contributed by atoms with E-state index in [1.165, 1.54) is 59.9 Å². The number of rotatable bonds is 12. The van der Waals surface area contributed by atoms with Crippen LogP contribution in [0.1, 0.15) is 0 Å². The molecule has 0 N–H and O–H groups in total. The minimum absolute atomic E-state index is 0.703. The molecule has 6 aromatic heterocycles. The van der Waals surface area contributed by atoms with E-state index in [-0.39, 0.29) is 0 Å². The third kappa shape index (κ3) is 13.9. The Morgan fingerprint density at radius 3 is 0.772 bits per heavy atom. The predicted octanol–water partition coefficient (Wildman–Crippen LogP) is 29.2. The van der Waals surface area contributed by atoms with Crippen molar-refractivity contribution in [2.45, 2.75) is 0 Å². The zero-order valence-electron chi connectivity index (χ0n) is 61.5. The molecule has 6 heterocycles. The lowest BCUT2D eigenvalue weighted by Crippen LogP contribution is -1.98. The van der Waals surface area contributed by atoms with E-state index >= 15 is 0 Å². The zero-order valence-corrected chi connectivity index (χ0v) is 66.3. The predicted molar refractivity (Wildman–Crippen MR) is 486 cm³/mol. The van der Waals surface area contributed by atoms with Crippen LogP contribution in [0.25, 0.3) is 184 Å². The molecule has 0 amide bonds. The average Bonchev–Trinajstić information content (AvgIpc) is 1.60. The molecule has 0 saturated carbocycles. The molecule has 0 fully saturated rings. The molecule has 0 unspecified atom stereocenters. The van der Waals surface area contributed by atoms with Gasteiger partial charge in [-0.15, -0.1) is 0 Å². The van der Waals surface area contributed by atoms with Crippen LogP contribution >= 0.6 is 47.8 Å². The fourth-order valence-electron chi connectivity index (χ4n) is 15.7. The summed E-state index contributed by atoms with van der Waals surface area (Å²) in [5, 5.41) is 7.36. The molecule has 21 aromatic rings. The van der Waals surface area contributed by atoms with Gasteiger partial charge in [0.25, 0.3) is 0 Å². The van der Waals surface area contributed by atoms with E-state index in [4.69, 9.17) is 19.9 Å². The number of benzene rings is 15. The summed E-state index contributed by atoms with van der Waals surface area (Å²) in [6.45, 7) is 0. The van der Waals surface area contributed by atoms with Crippen LogP contribution in [0.5, 0.6) is 0 Å². The van der Waals surface area contributed by atoms with Crippen LogP contribution < -0.4 is 0 Å². The first-order valence-electron chi connectivity index (χ1n) is 37.9. The number of pyridine rings is 2. The number of nitrogens with zero attached hydrogens (tertiary/aromatic N) is 7. The van der Waals surface area contributed by atoms with Crippen molar-refractivity contribution in [3.05, 3.63) is 426 Å². The second kappa shape index (κ2) is 31.4. The molecule has 10 heteroatoms. The van der Waals surface area contributed by atoms with Gasteiger partial charge >= 0.3 is 0 Å². The molecule has 0 aliphatic rings. The van der Waals surface area contributed by atoms with E-state index in [0.717, 1.165) is 131 Å². The Morgan fingerprint density at radius 1 is 0.167 bits per heavy atom. The highest BCUT2D eigenvalue weighted by atomic mass is 79.9. The lowest BCUT2D eigenvalue weighted by atomic mass is 9.99. The van der Waals surface area contributed by atoms with Gasteiger partial charge in [0.2, 0.25) is 0 Å².